The van der Waals surface area contributed by atoms with Crippen molar-refractivity contribution in [1.29, 1.82) is 0 Å². The minimum Gasteiger partial charge on any atom is -0.298 e. The van der Waals surface area contributed by atoms with Crippen LogP contribution in [0.15, 0.2) is 47.3 Å². The molecule has 0 fully saturated rings. The fourth-order valence-corrected chi connectivity index (χ4v) is 2.85. The molecule has 1 aromatic carbocycles. The van der Waals surface area contributed by atoms with E-state index >= 15 is 0 Å². The molecular formula is C14H10N4O2S2. The summed E-state index contributed by atoms with van der Waals surface area (Å²) in [5, 5.41) is 9.54. The van der Waals surface area contributed by atoms with Crippen LogP contribution in [0, 0.1) is 0 Å². The van der Waals surface area contributed by atoms with Crippen LogP contribution in [0.25, 0.3) is 0 Å². The minimum absolute atomic E-state index is 0.239. The van der Waals surface area contributed by atoms with E-state index in [9.17, 15) is 9.59 Å². The lowest BCUT2D eigenvalue weighted by atomic mass is 10.2. The molecule has 0 unspecified atom stereocenters. The minimum atomic E-state index is -0.355. The van der Waals surface area contributed by atoms with E-state index < -0.39 is 0 Å². The third kappa shape index (κ3) is 3.35. The predicted octanol–water partition coefficient (Wildman–Crippen LogP) is 3.10. The summed E-state index contributed by atoms with van der Waals surface area (Å²) in [5.41, 5.74) is 0.773. The van der Waals surface area contributed by atoms with E-state index in [-0.39, 0.29) is 17.5 Å². The summed E-state index contributed by atoms with van der Waals surface area (Å²) in [7, 11) is 0. The molecule has 0 saturated carbocycles. The number of anilines is 2. The third-order valence-corrected chi connectivity index (χ3v) is 4.09. The van der Waals surface area contributed by atoms with Crippen molar-refractivity contribution in [2.24, 2.45) is 0 Å². The van der Waals surface area contributed by atoms with Gasteiger partial charge < -0.3 is 0 Å². The normalized spacial score (nSPS) is 10.2. The molecule has 8 heteroatoms. The summed E-state index contributed by atoms with van der Waals surface area (Å²) in [6, 6.07) is 8.81. The Labute approximate surface area is 133 Å². The molecule has 0 saturated heterocycles. The Hall–Kier alpha value is -2.58. The van der Waals surface area contributed by atoms with Crippen molar-refractivity contribution in [3.8, 4) is 0 Å². The Morgan fingerprint density at radius 1 is 0.955 bits per heavy atom. The molecule has 2 amide bonds. The number of nitrogens with one attached hydrogen (secondary N) is 2. The second-order valence-corrected chi connectivity index (χ2v) is 5.90. The van der Waals surface area contributed by atoms with Gasteiger partial charge in [0.15, 0.2) is 10.3 Å². The maximum absolute atomic E-state index is 12.0. The van der Waals surface area contributed by atoms with Crippen molar-refractivity contribution in [2.45, 2.75) is 0 Å². The van der Waals surface area contributed by atoms with E-state index in [1.54, 1.807) is 41.2 Å². The summed E-state index contributed by atoms with van der Waals surface area (Å²) >= 11 is 2.52. The largest absolute Gasteiger partial charge is 0.298 e. The van der Waals surface area contributed by atoms with Crippen LogP contribution in [0.3, 0.4) is 0 Å². The van der Waals surface area contributed by atoms with Gasteiger partial charge in [-0.15, -0.1) is 22.7 Å². The van der Waals surface area contributed by atoms with Gasteiger partial charge in [0.05, 0.1) is 0 Å². The monoisotopic (exact) mass is 330 g/mol. The Balaban J connectivity index is 1.66. The van der Waals surface area contributed by atoms with Gasteiger partial charge in [-0.1, -0.05) is 18.2 Å². The lowest BCUT2D eigenvalue weighted by Gasteiger charge is -2.01. The first kappa shape index (κ1) is 14.4. The van der Waals surface area contributed by atoms with E-state index in [1.165, 1.54) is 22.7 Å². The SMILES string of the molecule is O=C(Nc1nc(C(=O)Nc2nccs2)cs1)c1ccccc1. The molecule has 2 heterocycles. The van der Waals surface area contributed by atoms with Crippen molar-refractivity contribution in [2.75, 3.05) is 10.6 Å². The summed E-state index contributed by atoms with van der Waals surface area (Å²) in [6.07, 6.45) is 1.60. The summed E-state index contributed by atoms with van der Waals surface area (Å²) in [6.45, 7) is 0. The Morgan fingerprint density at radius 2 is 1.73 bits per heavy atom. The highest BCUT2D eigenvalue weighted by atomic mass is 32.1. The van der Waals surface area contributed by atoms with Crippen LogP contribution in [0.1, 0.15) is 20.8 Å². The first-order chi connectivity index (χ1) is 10.7. The third-order valence-electron chi connectivity index (χ3n) is 2.65. The van der Waals surface area contributed by atoms with Crippen molar-refractivity contribution < 1.29 is 9.59 Å². The van der Waals surface area contributed by atoms with Crippen molar-refractivity contribution in [3.63, 3.8) is 0 Å². The molecule has 0 aliphatic rings. The van der Waals surface area contributed by atoms with Gasteiger partial charge in [0, 0.05) is 22.5 Å². The van der Waals surface area contributed by atoms with Gasteiger partial charge in [-0.05, 0) is 12.1 Å². The number of hydrogen-bond acceptors (Lipinski definition) is 6. The fraction of sp³-hybridized carbons (Fsp3) is 0. The molecule has 0 radical (unpaired) electrons. The molecule has 6 nitrogen and oxygen atoms in total. The standard InChI is InChI=1S/C14H10N4O2S2/c19-11(9-4-2-1-3-5-9)17-14-16-10(8-22-14)12(20)18-13-15-6-7-21-13/h1-8H,(H,15,18,20)(H,16,17,19). The molecule has 3 rings (SSSR count). The van der Waals surface area contributed by atoms with Crippen LogP contribution >= 0.6 is 22.7 Å². The van der Waals surface area contributed by atoms with E-state index in [0.717, 1.165) is 0 Å². The van der Waals surface area contributed by atoms with Gasteiger partial charge in [0.25, 0.3) is 11.8 Å². The molecule has 110 valence electrons. The molecule has 0 aliphatic heterocycles. The van der Waals surface area contributed by atoms with Crippen LogP contribution in [0.2, 0.25) is 0 Å². The summed E-state index contributed by atoms with van der Waals surface area (Å²) < 4.78 is 0. The van der Waals surface area contributed by atoms with Crippen LogP contribution in [-0.4, -0.2) is 21.8 Å². The van der Waals surface area contributed by atoms with Crippen molar-refractivity contribution >= 4 is 44.8 Å². The molecule has 0 aliphatic carbocycles. The summed E-state index contributed by atoms with van der Waals surface area (Å²) in [5.74, 6) is -0.617. The quantitative estimate of drug-likeness (QED) is 0.770. The fourth-order valence-electron chi connectivity index (χ4n) is 1.64. The summed E-state index contributed by atoms with van der Waals surface area (Å²) in [4.78, 5) is 32.0. The molecule has 22 heavy (non-hydrogen) atoms. The molecule has 3 aromatic rings. The predicted molar refractivity (Wildman–Crippen MR) is 86.6 cm³/mol. The van der Waals surface area contributed by atoms with Crippen LogP contribution < -0.4 is 10.6 Å². The highest BCUT2D eigenvalue weighted by Crippen LogP contribution is 2.18. The van der Waals surface area contributed by atoms with Crippen LogP contribution in [0.4, 0.5) is 10.3 Å². The molecule has 2 aromatic heterocycles. The lowest BCUT2D eigenvalue weighted by molar-refractivity contribution is 0.101. The number of amides is 2. The second-order valence-electron chi connectivity index (χ2n) is 4.15. The second kappa shape index (κ2) is 6.46. The first-order valence-corrected chi connectivity index (χ1v) is 8.01. The first-order valence-electron chi connectivity index (χ1n) is 6.25. The maximum atomic E-state index is 12.0. The number of hydrogen-bond donors (Lipinski definition) is 2. The van der Waals surface area contributed by atoms with Crippen LogP contribution in [-0.2, 0) is 0 Å². The molecule has 0 bridgehead atoms. The number of carbonyl (C=O) groups is 2. The van der Waals surface area contributed by atoms with E-state index in [1.807, 2.05) is 6.07 Å². The van der Waals surface area contributed by atoms with E-state index in [2.05, 4.69) is 20.6 Å². The number of nitrogens with zero attached hydrogens (tertiary/aromatic N) is 2. The van der Waals surface area contributed by atoms with Gasteiger partial charge in [-0.25, -0.2) is 9.97 Å². The highest BCUT2D eigenvalue weighted by Gasteiger charge is 2.14. The zero-order valence-electron chi connectivity index (χ0n) is 11.1. The van der Waals surface area contributed by atoms with Gasteiger partial charge in [-0.2, -0.15) is 0 Å². The molecule has 2 N–H and O–H groups in total. The van der Waals surface area contributed by atoms with E-state index in [0.29, 0.717) is 15.8 Å². The Morgan fingerprint density at radius 3 is 2.45 bits per heavy atom. The smallest absolute Gasteiger partial charge is 0.276 e. The van der Waals surface area contributed by atoms with Crippen molar-refractivity contribution in [3.05, 3.63) is 58.5 Å². The van der Waals surface area contributed by atoms with Gasteiger partial charge >= 0.3 is 0 Å². The topological polar surface area (TPSA) is 84.0 Å². The average Bonchev–Trinajstić information content (AvgIpc) is 3.20. The Kier molecular flexibility index (Phi) is 4.22. The molecule has 0 atom stereocenters. The molecular weight excluding hydrogens is 320 g/mol. The average molecular weight is 330 g/mol. The number of carbonyl (C=O) groups excluding carboxylic acids is 2. The van der Waals surface area contributed by atoms with E-state index in [4.69, 9.17) is 0 Å². The number of benzene rings is 1. The zero-order valence-corrected chi connectivity index (χ0v) is 12.8. The lowest BCUT2D eigenvalue weighted by Crippen LogP contribution is -2.14. The zero-order chi connectivity index (χ0) is 15.4. The maximum Gasteiger partial charge on any atom is 0.276 e. The van der Waals surface area contributed by atoms with Gasteiger partial charge in [-0.3, -0.25) is 20.2 Å². The van der Waals surface area contributed by atoms with Gasteiger partial charge in [0.2, 0.25) is 0 Å². The number of rotatable bonds is 4. The van der Waals surface area contributed by atoms with Gasteiger partial charge in [0.1, 0.15) is 5.69 Å². The number of thiazole rings is 2. The van der Waals surface area contributed by atoms with Crippen LogP contribution in [0.5, 0.6) is 0 Å². The number of aromatic nitrogens is 2. The van der Waals surface area contributed by atoms with Crippen molar-refractivity contribution in [1.82, 2.24) is 9.97 Å². The molecule has 0 spiro atoms. The Bertz CT molecular complexity index is 784. The highest BCUT2D eigenvalue weighted by molar-refractivity contribution is 7.14.